The molecule has 1 nitrogen and oxygen atoms in total. The van der Waals surface area contributed by atoms with Crippen molar-refractivity contribution in [2.45, 2.75) is 14.0 Å². The molecule has 0 heterocycles. The maximum atomic E-state index is 11.5. The van der Waals surface area contributed by atoms with E-state index in [1.165, 1.54) is 0 Å². The maximum Gasteiger partial charge on any atom is 0.215 e. The van der Waals surface area contributed by atoms with Gasteiger partial charge in [-0.05, 0) is 0 Å². The monoisotopic (exact) mass is 334 g/mol. The molecule has 0 aromatic heterocycles. The van der Waals surface area contributed by atoms with Crippen LogP contribution in [-0.4, -0.2) is 19.8 Å². The molecule has 0 spiro atoms. The maximum absolute atomic E-state index is 11.5. The fourth-order valence-electron chi connectivity index (χ4n) is 0.844. The van der Waals surface area contributed by atoms with Crippen LogP contribution in [0.1, 0.15) is 0 Å². The molecule has 0 radical (unpaired) electrons. The fourth-order valence-corrected chi connectivity index (χ4v) is 3.01. The van der Waals surface area contributed by atoms with Gasteiger partial charge in [0.15, 0.2) is 0 Å². The van der Waals surface area contributed by atoms with Gasteiger partial charge in [-0.15, -0.1) is 11.6 Å². The quantitative estimate of drug-likeness (QED) is 0.605. The Kier molecular flexibility index (Phi) is 3.89. The Labute approximate surface area is 115 Å². The lowest BCUT2D eigenvalue weighted by Crippen LogP contribution is -2.50. The molecule has 0 aromatic rings. The molecule has 0 N–H and O–H groups in total. The first kappa shape index (κ1) is 13.5. The molecule has 0 saturated heterocycles. The van der Waals surface area contributed by atoms with Crippen LogP contribution >= 0.6 is 81.2 Å². The zero-order valence-corrected chi connectivity index (χ0v) is 11.4. The molecule has 14 heavy (non-hydrogen) atoms. The summed E-state index contributed by atoms with van der Waals surface area (Å²) in [6.45, 7) is 0. The number of hydrogen-bond acceptors (Lipinski definition) is 1. The van der Waals surface area contributed by atoms with E-state index in [0.717, 1.165) is 0 Å². The summed E-state index contributed by atoms with van der Waals surface area (Å²) in [4.78, 5) is 11.5. The fraction of sp³-hybridized carbons (Fsp3) is 0.500. The number of hydrogen-bond donors (Lipinski definition) is 0. The second-order valence-corrected chi connectivity index (χ2v) is 6.49. The molecule has 0 bridgehead atoms. The molecule has 1 aliphatic rings. The van der Waals surface area contributed by atoms with Crippen molar-refractivity contribution < 1.29 is 4.79 Å². The molecule has 0 aliphatic heterocycles. The lowest BCUT2D eigenvalue weighted by atomic mass is 10.0. The molecule has 1 rings (SSSR count). The number of halogens is 7. The number of rotatable bonds is 0. The van der Waals surface area contributed by atoms with Crippen molar-refractivity contribution in [1.29, 1.82) is 0 Å². The summed E-state index contributed by atoms with van der Waals surface area (Å²) >= 11 is 39.6. The number of carbonyl (C=O) groups is 1. The number of allylic oxidation sites excluding steroid dienone is 2. The molecule has 1 aliphatic carbocycles. The zero-order valence-electron chi connectivity index (χ0n) is 6.13. The molecular formula is C6HCl7O. The molecule has 1 atom stereocenters. The number of Topliss-reactive ketones (excluding diaryl/α,β-unsaturated/α-hetero) is 1. The first-order valence-electron chi connectivity index (χ1n) is 3.13. The van der Waals surface area contributed by atoms with E-state index in [-0.39, 0.29) is 10.1 Å². The second-order valence-electron chi connectivity index (χ2n) is 2.55. The molecule has 8 heteroatoms. The molecule has 0 aromatic carbocycles. The minimum absolute atomic E-state index is 0.136. The van der Waals surface area contributed by atoms with Crippen LogP contribution < -0.4 is 0 Å². The van der Waals surface area contributed by atoms with Crippen molar-refractivity contribution in [2.75, 3.05) is 0 Å². The highest BCUT2D eigenvalue weighted by Gasteiger charge is 2.58. The third kappa shape index (κ3) is 1.86. The first-order chi connectivity index (χ1) is 6.13. The van der Waals surface area contributed by atoms with Crippen LogP contribution in [0.25, 0.3) is 0 Å². The summed E-state index contributed by atoms with van der Waals surface area (Å²) in [5.41, 5.74) is 0. The van der Waals surface area contributed by atoms with E-state index in [9.17, 15) is 4.79 Å². The highest BCUT2D eigenvalue weighted by Crippen LogP contribution is 2.52. The standard InChI is InChI=1S/C6HCl7O/c7-1-2(8)5(10,11)4(14)6(12,13)3(1)9/h2H. The van der Waals surface area contributed by atoms with E-state index in [2.05, 4.69) is 0 Å². The van der Waals surface area contributed by atoms with Gasteiger partial charge in [-0.2, -0.15) is 0 Å². The van der Waals surface area contributed by atoms with Gasteiger partial charge in [-0.3, -0.25) is 4.79 Å². The molecular weight excluding hydrogens is 336 g/mol. The van der Waals surface area contributed by atoms with E-state index in [1.54, 1.807) is 0 Å². The Morgan fingerprint density at radius 3 is 1.93 bits per heavy atom. The normalized spacial score (nSPS) is 30.8. The van der Waals surface area contributed by atoms with Crippen LogP contribution in [0.5, 0.6) is 0 Å². The van der Waals surface area contributed by atoms with Crippen LogP contribution in [0.4, 0.5) is 0 Å². The topological polar surface area (TPSA) is 17.1 Å². The van der Waals surface area contributed by atoms with E-state index in [4.69, 9.17) is 81.2 Å². The predicted octanol–water partition coefficient (Wildman–Crippen LogP) is 4.21. The average molecular weight is 337 g/mol. The van der Waals surface area contributed by atoms with Gasteiger partial charge >= 0.3 is 0 Å². The predicted molar refractivity (Wildman–Crippen MR) is 62.3 cm³/mol. The highest BCUT2D eigenvalue weighted by molar-refractivity contribution is 6.75. The smallest absolute Gasteiger partial charge is 0.215 e. The van der Waals surface area contributed by atoms with Crippen molar-refractivity contribution in [3.8, 4) is 0 Å². The highest BCUT2D eigenvalue weighted by atomic mass is 35.5. The Bertz CT molecular complexity index is 318. The minimum Gasteiger partial charge on any atom is -0.292 e. The van der Waals surface area contributed by atoms with Gasteiger partial charge in [-0.1, -0.05) is 69.6 Å². The average Bonchev–Trinajstić information content (AvgIpc) is 2.11. The number of ketones is 1. The van der Waals surface area contributed by atoms with Gasteiger partial charge < -0.3 is 0 Å². The van der Waals surface area contributed by atoms with Crippen molar-refractivity contribution in [2.24, 2.45) is 0 Å². The molecule has 80 valence electrons. The summed E-state index contributed by atoms with van der Waals surface area (Å²) in [6.07, 6.45) is 0. The lowest BCUT2D eigenvalue weighted by molar-refractivity contribution is -0.119. The Morgan fingerprint density at radius 1 is 1.07 bits per heavy atom. The second kappa shape index (κ2) is 4.03. The third-order valence-corrected chi connectivity index (χ3v) is 5.18. The van der Waals surface area contributed by atoms with E-state index < -0.39 is 19.8 Å². The lowest BCUT2D eigenvalue weighted by Gasteiger charge is -2.35. The molecule has 1 unspecified atom stereocenters. The SMILES string of the molecule is O=C1C(Cl)(Cl)C(Cl)=C(Cl)C(Cl)C1(Cl)Cl. The van der Waals surface area contributed by atoms with Crippen LogP contribution in [0.15, 0.2) is 10.1 Å². The summed E-state index contributed by atoms with van der Waals surface area (Å²) in [6, 6.07) is 0. The van der Waals surface area contributed by atoms with Crippen molar-refractivity contribution >= 4 is 87.0 Å². The Balaban J connectivity index is 3.39. The van der Waals surface area contributed by atoms with Crippen LogP contribution in [0, 0.1) is 0 Å². The van der Waals surface area contributed by atoms with Crippen LogP contribution in [0.3, 0.4) is 0 Å². The molecule has 0 fully saturated rings. The van der Waals surface area contributed by atoms with Crippen molar-refractivity contribution in [1.82, 2.24) is 0 Å². The Morgan fingerprint density at radius 2 is 1.50 bits per heavy atom. The van der Waals surface area contributed by atoms with E-state index in [0.29, 0.717) is 0 Å². The number of alkyl halides is 5. The zero-order chi connectivity index (χ0) is 11.3. The third-order valence-electron chi connectivity index (χ3n) is 1.61. The van der Waals surface area contributed by atoms with Crippen LogP contribution in [0.2, 0.25) is 0 Å². The van der Waals surface area contributed by atoms with Crippen molar-refractivity contribution in [3.05, 3.63) is 10.1 Å². The molecule has 0 amide bonds. The summed E-state index contributed by atoms with van der Waals surface area (Å²) in [5.74, 6) is -0.911. The van der Waals surface area contributed by atoms with Gasteiger partial charge in [0.1, 0.15) is 5.38 Å². The summed E-state index contributed by atoms with van der Waals surface area (Å²) in [5, 5.41) is -1.58. The van der Waals surface area contributed by atoms with Gasteiger partial charge in [0, 0.05) is 0 Å². The van der Waals surface area contributed by atoms with Gasteiger partial charge in [0.05, 0.1) is 10.1 Å². The Hall–Kier alpha value is 1.44. The van der Waals surface area contributed by atoms with E-state index >= 15 is 0 Å². The first-order valence-corrected chi connectivity index (χ1v) is 5.84. The summed E-state index contributed by atoms with van der Waals surface area (Å²) in [7, 11) is 0. The van der Waals surface area contributed by atoms with E-state index in [1.807, 2.05) is 0 Å². The van der Waals surface area contributed by atoms with Gasteiger partial charge in [0.25, 0.3) is 0 Å². The largest absolute Gasteiger partial charge is 0.292 e. The number of carbonyl (C=O) groups excluding carboxylic acids is 1. The summed E-state index contributed by atoms with van der Waals surface area (Å²) < 4.78 is -4.03. The van der Waals surface area contributed by atoms with Gasteiger partial charge in [0.2, 0.25) is 14.4 Å². The molecule has 0 saturated carbocycles. The van der Waals surface area contributed by atoms with Gasteiger partial charge in [-0.25, -0.2) is 0 Å². The van der Waals surface area contributed by atoms with Crippen LogP contribution in [-0.2, 0) is 4.79 Å². The minimum atomic E-state index is -2.05. The van der Waals surface area contributed by atoms with Crippen molar-refractivity contribution in [3.63, 3.8) is 0 Å².